The van der Waals surface area contributed by atoms with Crippen molar-refractivity contribution >= 4 is 11.7 Å². The largest absolute Gasteiger partial charge is 0.545 e. The summed E-state index contributed by atoms with van der Waals surface area (Å²) in [4.78, 5) is 10.8. The van der Waals surface area contributed by atoms with Gasteiger partial charge < -0.3 is 20.0 Å². The Balaban J connectivity index is 2.10. The third kappa shape index (κ3) is 3.25. The summed E-state index contributed by atoms with van der Waals surface area (Å²) in [5, 5.41) is 13.9. The maximum Gasteiger partial charge on any atom is 0.123 e. The average Bonchev–Trinajstić information content (AvgIpc) is 2.45. The molecule has 4 nitrogen and oxygen atoms in total. The lowest BCUT2D eigenvalue weighted by Crippen LogP contribution is -2.22. The van der Waals surface area contributed by atoms with Crippen molar-refractivity contribution in [2.45, 2.75) is 6.54 Å². The van der Waals surface area contributed by atoms with Gasteiger partial charge in [0.05, 0.1) is 13.1 Å². The van der Waals surface area contributed by atoms with Gasteiger partial charge in [0.25, 0.3) is 0 Å². The highest BCUT2D eigenvalue weighted by atomic mass is 16.5. The summed E-state index contributed by atoms with van der Waals surface area (Å²) in [5.41, 5.74) is 1.89. The Morgan fingerprint density at radius 2 is 2.00 bits per heavy atom. The molecule has 0 spiro atoms. The van der Waals surface area contributed by atoms with Crippen LogP contribution in [0.3, 0.4) is 0 Å². The average molecular weight is 256 g/mol. The fourth-order valence-electron chi connectivity index (χ4n) is 1.80. The number of carboxylic acid groups (broad SMARTS) is 1. The van der Waals surface area contributed by atoms with Crippen LogP contribution in [0.5, 0.6) is 5.75 Å². The maximum absolute atomic E-state index is 10.8. The Hall–Kier alpha value is -2.49. The Labute approximate surface area is 111 Å². The molecule has 0 fully saturated rings. The van der Waals surface area contributed by atoms with Crippen molar-refractivity contribution in [3.05, 3.63) is 59.7 Å². The van der Waals surface area contributed by atoms with E-state index in [4.69, 9.17) is 4.74 Å². The second kappa shape index (κ2) is 5.91. The number of carbonyl (C=O) groups excluding carboxylic acids is 1. The second-order valence-corrected chi connectivity index (χ2v) is 4.03. The zero-order valence-corrected chi connectivity index (χ0v) is 10.6. The summed E-state index contributed by atoms with van der Waals surface area (Å²) in [6.45, 7) is 0.556. The number of hydrogen-bond acceptors (Lipinski definition) is 4. The first-order valence-electron chi connectivity index (χ1n) is 5.88. The van der Waals surface area contributed by atoms with Crippen LogP contribution in [0.25, 0.3) is 0 Å². The topological polar surface area (TPSA) is 61.4 Å². The number of carbonyl (C=O) groups is 1. The van der Waals surface area contributed by atoms with E-state index in [1.807, 2.05) is 30.3 Å². The molecule has 0 bridgehead atoms. The highest BCUT2D eigenvalue weighted by Crippen LogP contribution is 2.19. The Kier molecular flexibility index (Phi) is 4.03. The van der Waals surface area contributed by atoms with Crippen LogP contribution in [0.2, 0.25) is 0 Å². The minimum Gasteiger partial charge on any atom is -0.545 e. The van der Waals surface area contributed by atoms with E-state index < -0.39 is 5.97 Å². The van der Waals surface area contributed by atoms with Crippen LogP contribution in [0.1, 0.15) is 15.9 Å². The van der Waals surface area contributed by atoms with Gasteiger partial charge in [-0.1, -0.05) is 30.3 Å². The van der Waals surface area contributed by atoms with Gasteiger partial charge in [0.2, 0.25) is 0 Å². The van der Waals surface area contributed by atoms with Crippen molar-refractivity contribution < 1.29 is 14.6 Å². The van der Waals surface area contributed by atoms with Gasteiger partial charge in [-0.25, -0.2) is 0 Å². The van der Waals surface area contributed by atoms with Gasteiger partial charge in [-0.05, 0) is 23.8 Å². The van der Waals surface area contributed by atoms with Gasteiger partial charge in [-0.15, -0.1) is 0 Å². The number of anilines is 1. The summed E-state index contributed by atoms with van der Waals surface area (Å²) in [6, 6.07) is 14.2. The van der Waals surface area contributed by atoms with Gasteiger partial charge >= 0.3 is 0 Å². The number of hydrogen-bond donors (Lipinski definition) is 1. The molecule has 0 aromatic heterocycles. The summed E-state index contributed by atoms with van der Waals surface area (Å²) in [7, 11) is 1.62. The molecule has 19 heavy (non-hydrogen) atoms. The number of carboxylic acids is 1. The number of para-hydroxylation sites is 1. The molecule has 2 aromatic rings. The van der Waals surface area contributed by atoms with E-state index in [1.54, 1.807) is 19.2 Å². The molecule has 0 radical (unpaired) electrons. The summed E-state index contributed by atoms with van der Waals surface area (Å²) in [6.07, 6.45) is 0. The normalized spacial score (nSPS) is 9.95. The van der Waals surface area contributed by atoms with Gasteiger partial charge in [-0.3, -0.25) is 0 Å². The van der Waals surface area contributed by atoms with E-state index in [0.29, 0.717) is 6.54 Å². The van der Waals surface area contributed by atoms with Gasteiger partial charge in [0.15, 0.2) is 0 Å². The third-order valence-electron chi connectivity index (χ3n) is 2.77. The Morgan fingerprint density at radius 1 is 1.21 bits per heavy atom. The molecule has 0 aliphatic rings. The van der Waals surface area contributed by atoms with E-state index in [1.165, 1.54) is 6.07 Å². The van der Waals surface area contributed by atoms with Crippen molar-refractivity contribution in [3.63, 3.8) is 0 Å². The molecule has 4 heteroatoms. The molecule has 2 aromatic carbocycles. The van der Waals surface area contributed by atoms with E-state index in [-0.39, 0.29) is 5.56 Å². The van der Waals surface area contributed by atoms with Crippen LogP contribution in [0, 0.1) is 0 Å². The van der Waals surface area contributed by atoms with Gasteiger partial charge in [0.1, 0.15) is 5.75 Å². The molecule has 0 saturated carbocycles. The minimum atomic E-state index is -1.18. The predicted octanol–water partition coefficient (Wildman–Crippen LogP) is 1.67. The number of methoxy groups -OCH3 is 1. The third-order valence-corrected chi connectivity index (χ3v) is 2.77. The SMILES string of the molecule is COc1ccccc1CNc1cccc(C(=O)[O-])c1. The summed E-state index contributed by atoms with van der Waals surface area (Å²) >= 11 is 0. The van der Waals surface area contributed by atoms with E-state index in [2.05, 4.69) is 5.32 Å². The molecular weight excluding hydrogens is 242 g/mol. The number of aromatic carboxylic acids is 1. The lowest BCUT2D eigenvalue weighted by Gasteiger charge is -2.11. The zero-order chi connectivity index (χ0) is 13.7. The molecule has 0 atom stereocenters. The molecule has 0 aliphatic carbocycles. The highest BCUT2D eigenvalue weighted by Gasteiger charge is 2.02. The van der Waals surface area contributed by atoms with Crippen LogP contribution in [-0.2, 0) is 6.54 Å². The van der Waals surface area contributed by atoms with Crippen LogP contribution in [-0.4, -0.2) is 13.1 Å². The molecule has 2 rings (SSSR count). The van der Waals surface area contributed by atoms with Crippen molar-refractivity contribution in [1.29, 1.82) is 0 Å². The number of ether oxygens (including phenoxy) is 1. The van der Waals surface area contributed by atoms with Crippen molar-refractivity contribution in [3.8, 4) is 5.75 Å². The molecule has 0 aliphatic heterocycles. The number of benzene rings is 2. The second-order valence-electron chi connectivity index (χ2n) is 4.03. The fraction of sp³-hybridized carbons (Fsp3) is 0.133. The summed E-state index contributed by atoms with van der Waals surface area (Å²) in [5.74, 6) is -0.382. The zero-order valence-electron chi connectivity index (χ0n) is 10.6. The quantitative estimate of drug-likeness (QED) is 0.884. The monoisotopic (exact) mass is 256 g/mol. The first-order valence-corrected chi connectivity index (χ1v) is 5.88. The van der Waals surface area contributed by atoms with Crippen molar-refractivity contribution in [2.75, 3.05) is 12.4 Å². The van der Waals surface area contributed by atoms with Crippen LogP contribution < -0.4 is 15.2 Å². The first-order chi connectivity index (χ1) is 9.20. The molecule has 0 saturated heterocycles. The Bertz CT molecular complexity index is 581. The molecular formula is C15H14NO3-. The summed E-state index contributed by atoms with van der Waals surface area (Å²) < 4.78 is 5.25. The molecule has 0 heterocycles. The molecule has 98 valence electrons. The first kappa shape index (κ1) is 13.0. The number of rotatable bonds is 5. The molecule has 0 unspecified atom stereocenters. The smallest absolute Gasteiger partial charge is 0.123 e. The molecule has 0 amide bonds. The van der Waals surface area contributed by atoms with Crippen molar-refractivity contribution in [1.82, 2.24) is 0 Å². The lowest BCUT2D eigenvalue weighted by molar-refractivity contribution is -0.255. The van der Waals surface area contributed by atoms with E-state index in [9.17, 15) is 9.90 Å². The van der Waals surface area contributed by atoms with Crippen LogP contribution >= 0.6 is 0 Å². The highest BCUT2D eigenvalue weighted by molar-refractivity contribution is 5.87. The lowest BCUT2D eigenvalue weighted by atomic mass is 10.1. The maximum atomic E-state index is 10.8. The Morgan fingerprint density at radius 3 is 2.74 bits per heavy atom. The minimum absolute atomic E-state index is 0.157. The van der Waals surface area contributed by atoms with E-state index in [0.717, 1.165) is 17.0 Å². The van der Waals surface area contributed by atoms with Crippen LogP contribution in [0.15, 0.2) is 48.5 Å². The number of nitrogens with one attached hydrogen (secondary N) is 1. The van der Waals surface area contributed by atoms with Gasteiger partial charge in [-0.2, -0.15) is 0 Å². The van der Waals surface area contributed by atoms with Gasteiger partial charge in [0, 0.05) is 17.8 Å². The standard InChI is InChI=1S/C15H15NO3/c1-19-14-8-3-2-5-12(14)10-16-13-7-4-6-11(9-13)15(17)18/h2-9,16H,10H2,1H3,(H,17,18)/p-1. The van der Waals surface area contributed by atoms with Crippen molar-refractivity contribution in [2.24, 2.45) is 0 Å². The fourth-order valence-corrected chi connectivity index (χ4v) is 1.80. The van der Waals surface area contributed by atoms with E-state index >= 15 is 0 Å². The predicted molar refractivity (Wildman–Crippen MR) is 71.1 cm³/mol. The molecule has 1 N–H and O–H groups in total. The van der Waals surface area contributed by atoms with Crippen LogP contribution in [0.4, 0.5) is 5.69 Å².